The van der Waals surface area contributed by atoms with Crippen LogP contribution in [-0.2, 0) is 9.53 Å². The molecule has 0 fully saturated rings. The molecule has 0 bridgehead atoms. The molecule has 0 aliphatic rings. The van der Waals surface area contributed by atoms with E-state index in [1.807, 2.05) is 0 Å². The number of thiophene rings is 1. The zero-order chi connectivity index (χ0) is 22.2. The molecule has 10 heteroatoms. The first-order valence-electron chi connectivity index (χ1n) is 8.87. The fourth-order valence-electron chi connectivity index (χ4n) is 2.46. The molecular formula is C21H16F2N2O4S2. The van der Waals surface area contributed by atoms with E-state index in [-0.39, 0.29) is 11.5 Å². The maximum Gasteiger partial charge on any atom is 0.338 e. The van der Waals surface area contributed by atoms with Crippen molar-refractivity contribution in [3.05, 3.63) is 76.5 Å². The summed E-state index contributed by atoms with van der Waals surface area (Å²) >= 11 is 1.69. The van der Waals surface area contributed by atoms with Crippen LogP contribution in [0.1, 0.15) is 20.0 Å². The van der Waals surface area contributed by atoms with Crippen LogP contribution >= 0.6 is 23.1 Å². The van der Waals surface area contributed by atoms with E-state index in [4.69, 9.17) is 4.74 Å². The molecule has 0 radical (unpaired) electrons. The summed E-state index contributed by atoms with van der Waals surface area (Å²) in [5.74, 6) is -4.13. The maximum absolute atomic E-state index is 12.3. The van der Waals surface area contributed by atoms with Crippen molar-refractivity contribution in [1.82, 2.24) is 0 Å². The van der Waals surface area contributed by atoms with E-state index in [0.717, 1.165) is 0 Å². The Balaban J connectivity index is 1.51. The number of halogens is 2. The number of benzene rings is 2. The standard InChI is InChI=1S/C21H16F2N2O4S2/c22-21(23)31-16-8-6-14(7-9-16)24-18(26)12-29-20(28)13-3-1-4-15(11-13)25-19(27)17-5-2-10-30-17/h1-11,21H,12H2,(H,24,26)(H,25,27). The Hall–Kier alpha value is -3.24. The van der Waals surface area contributed by atoms with Crippen LogP contribution in [0.3, 0.4) is 0 Å². The van der Waals surface area contributed by atoms with Crippen molar-refractivity contribution < 1.29 is 27.9 Å². The number of alkyl halides is 2. The summed E-state index contributed by atoms with van der Waals surface area (Å²) in [6, 6.07) is 15.5. The second kappa shape index (κ2) is 10.7. The summed E-state index contributed by atoms with van der Waals surface area (Å²) in [5, 5.41) is 6.98. The molecule has 1 aromatic heterocycles. The van der Waals surface area contributed by atoms with Gasteiger partial charge < -0.3 is 15.4 Å². The van der Waals surface area contributed by atoms with E-state index in [9.17, 15) is 23.2 Å². The fraction of sp³-hybridized carbons (Fsp3) is 0.0952. The average molecular weight is 462 g/mol. The Labute approximate surface area is 184 Å². The van der Waals surface area contributed by atoms with Gasteiger partial charge in [-0.2, -0.15) is 8.78 Å². The first-order chi connectivity index (χ1) is 14.9. The van der Waals surface area contributed by atoms with Crippen molar-refractivity contribution >= 4 is 52.3 Å². The number of nitrogens with one attached hydrogen (secondary N) is 2. The van der Waals surface area contributed by atoms with E-state index in [1.54, 1.807) is 29.6 Å². The van der Waals surface area contributed by atoms with E-state index in [2.05, 4.69) is 10.6 Å². The maximum atomic E-state index is 12.3. The second-order valence-corrected chi connectivity index (χ2v) is 8.05. The fourth-order valence-corrected chi connectivity index (χ4v) is 3.57. The van der Waals surface area contributed by atoms with Crippen LogP contribution in [0.2, 0.25) is 0 Å². The number of hydrogen-bond acceptors (Lipinski definition) is 6. The lowest BCUT2D eigenvalue weighted by Gasteiger charge is -2.09. The molecular weight excluding hydrogens is 446 g/mol. The second-order valence-electron chi connectivity index (χ2n) is 6.04. The molecule has 2 aromatic carbocycles. The summed E-state index contributed by atoms with van der Waals surface area (Å²) < 4.78 is 29.7. The Morgan fingerprint density at radius 3 is 2.42 bits per heavy atom. The van der Waals surface area contributed by atoms with E-state index in [0.29, 0.717) is 32.9 Å². The molecule has 2 N–H and O–H groups in total. The molecule has 0 spiro atoms. The predicted molar refractivity (Wildman–Crippen MR) is 116 cm³/mol. The summed E-state index contributed by atoms with van der Waals surface area (Å²) in [5.41, 5.74) is 0.974. The number of hydrogen-bond donors (Lipinski definition) is 2. The monoisotopic (exact) mass is 462 g/mol. The molecule has 1 heterocycles. The molecule has 160 valence electrons. The molecule has 31 heavy (non-hydrogen) atoms. The van der Waals surface area contributed by atoms with Gasteiger partial charge in [0.15, 0.2) is 6.61 Å². The van der Waals surface area contributed by atoms with Crippen molar-refractivity contribution in [2.75, 3.05) is 17.2 Å². The third kappa shape index (κ3) is 6.90. The van der Waals surface area contributed by atoms with E-state index < -0.39 is 24.2 Å². The topological polar surface area (TPSA) is 84.5 Å². The number of thioether (sulfide) groups is 1. The van der Waals surface area contributed by atoms with Crippen LogP contribution in [0.5, 0.6) is 0 Å². The zero-order valence-electron chi connectivity index (χ0n) is 15.8. The summed E-state index contributed by atoms with van der Waals surface area (Å²) in [6.07, 6.45) is 0. The lowest BCUT2D eigenvalue weighted by atomic mass is 10.2. The van der Waals surface area contributed by atoms with Crippen LogP contribution in [-0.4, -0.2) is 30.1 Å². The third-order valence-corrected chi connectivity index (χ3v) is 5.39. The van der Waals surface area contributed by atoms with Crippen LogP contribution in [0.15, 0.2) is 70.9 Å². The van der Waals surface area contributed by atoms with E-state index >= 15 is 0 Å². The Kier molecular flexibility index (Phi) is 7.74. The van der Waals surface area contributed by atoms with Crippen LogP contribution < -0.4 is 10.6 Å². The lowest BCUT2D eigenvalue weighted by molar-refractivity contribution is -0.119. The highest BCUT2D eigenvalue weighted by Crippen LogP contribution is 2.26. The summed E-state index contributed by atoms with van der Waals surface area (Å²) in [6.45, 7) is -0.530. The third-order valence-electron chi connectivity index (χ3n) is 3.80. The number of carbonyl (C=O) groups is 3. The molecule has 0 saturated heterocycles. The van der Waals surface area contributed by atoms with Gasteiger partial charge in [-0.1, -0.05) is 23.9 Å². The Morgan fingerprint density at radius 1 is 0.968 bits per heavy atom. The molecule has 3 rings (SSSR count). The van der Waals surface area contributed by atoms with Crippen molar-refractivity contribution in [3.63, 3.8) is 0 Å². The van der Waals surface area contributed by atoms with Gasteiger partial charge in [0.25, 0.3) is 17.6 Å². The first-order valence-corrected chi connectivity index (χ1v) is 10.6. The van der Waals surface area contributed by atoms with Crippen molar-refractivity contribution in [2.45, 2.75) is 10.7 Å². The molecule has 0 aliphatic heterocycles. The molecule has 0 saturated carbocycles. The van der Waals surface area contributed by atoms with Gasteiger partial charge in [-0.3, -0.25) is 9.59 Å². The number of carbonyl (C=O) groups excluding carboxylic acids is 3. The quantitative estimate of drug-likeness (QED) is 0.359. The van der Waals surface area contributed by atoms with Crippen LogP contribution in [0.4, 0.5) is 20.2 Å². The zero-order valence-corrected chi connectivity index (χ0v) is 17.5. The molecule has 0 unspecified atom stereocenters. The minimum absolute atomic E-state index is 0.171. The largest absolute Gasteiger partial charge is 0.452 e. The SMILES string of the molecule is O=C(COC(=O)c1cccc(NC(=O)c2cccs2)c1)Nc1ccc(SC(F)F)cc1. The molecule has 2 amide bonds. The average Bonchev–Trinajstić information content (AvgIpc) is 3.28. The number of rotatable bonds is 8. The molecule has 0 atom stereocenters. The summed E-state index contributed by atoms with van der Waals surface area (Å²) in [4.78, 5) is 37.2. The van der Waals surface area contributed by atoms with Gasteiger partial charge in [0.1, 0.15) is 0 Å². The van der Waals surface area contributed by atoms with Crippen molar-refractivity contribution in [1.29, 1.82) is 0 Å². The molecule has 3 aromatic rings. The minimum atomic E-state index is -2.53. The van der Waals surface area contributed by atoms with E-state index in [1.165, 1.54) is 47.7 Å². The van der Waals surface area contributed by atoms with Gasteiger partial charge in [0.05, 0.1) is 10.4 Å². The predicted octanol–water partition coefficient (Wildman–Crippen LogP) is 5.11. The normalized spacial score (nSPS) is 10.5. The van der Waals surface area contributed by atoms with Gasteiger partial charge >= 0.3 is 5.97 Å². The number of amides is 2. The van der Waals surface area contributed by atoms with Crippen LogP contribution in [0.25, 0.3) is 0 Å². The lowest BCUT2D eigenvalue weighted by Crippen LogP contribution is -2.21. The minimum Gasteiger partial charge on any atom is -0.452 e. The van der Waals surface area contributed by atoms with Crippen LogP contribution in [0, 0.1) is 0 Å². The molecule has 0 aliphatic carbocycles. The van der Waals surface area contributed by atoms with Gasteiger partial charge in [0, 0.05) is 16.3 Å². The molecule has 6 nitrogen and oxygen atoms in total. The van der Waals surface area contributed by atoms with Crippen molar-refractivity contribution in [3.8, 4) is 0 Å². The first kappa shape index (κ1) is 22.4. The number of anilines is 2. The summed E-state index contributed by atoms with van der Waals surface area (Å²) in [7, 11) is 0. The smallest absolute Gasteiger partial charge is 0.338 e. The Morgan fingerprint density at radius 2 is 1.74 bits per heavy atom. The van der Waals surface area contributed by atoms with Gasteiger partial charge in [-0.25, -0.2) is 4.79 Å². The van der Waals surface area contributed by atoms with Gasteiger partial charge in [0.2, 0.25) is 0 Å². The van der Waals surface area contributed by atoms with Gasteiger partial charge in [-0.15, -0.1) is 11.3 Å². The highest BCUT2D eigenvalue weighted by Gasteiger charge is 2.13. The number of ether oxygens (including phenoxy) is 1. The highest BCUT2D eigenvalue weighted by atomic mass is 32.2. The number of esters is 1. The van der Waals surface area contributed by atoms with Gasteiger partial charge in [-0.05, 0) is 53.9 Å². The Bertz CT molecular complexity index is 1060. The highest BCUT2D eigenvalue weighted by molar-refractivity contribution is 7.99. The van der Waals surface area contributed by atoms with Crippen molar-refractivity contribution in [2.24, 2.45) is 0 Å².